The van der Waals surface area contributed by atoms with Gasteiger partial charge in [-0.15, -0.1) is 7.05 Å². The summed E-state index contributed by atoms with van der Waals surface area (Å²) >= 11 is 0. The third-order valence-corrected chi connectivity index (χ3v) is 0. The Morgan fingerprint density at radius 3 is 1.60 bits per heavy atom. The fourth-order valence-corrected chi connectivity index (χ4v) is 0. The van der Waals surface area contributed by atoms with Crippen LogP contribution in [0.1, 0.15) is 0 Å². The van der Waals surface area contributed by atoms with Crippen LogP contribution in [-0.2, 0) is 32.7 Å². The van der Waals surface area contributed by atoms with Crippen LogP contribution in [0.2, 0.25) is 0 Å². The average Bonchev–Trinajstić information content (AvgIpc) is 0.918. The van der Waals surface area contributed by atoms with Crippen molar-refractivity contribution in [2.75, 3.05) is 7.05 Å². The van der Waals surface area contributed by atoms with Crippen molar-refractivity contribution in [3.63, 3.8) is 0 Å². The number of hydrogen-bond acceptors (Lipinski definition) is 1. The Morgan fingerprint density at radius 1 is 1.60 bits per heavy atom. The van der Waals surface area contributed by atoms with Gasteiger partial charge in [-0.3, -0.25) is 0 Å². The van der Waals surface area contributed by atoms with Gasteiger partial charge in [-0.25, -0.2) is 0 Å². The maximum Gasteiger partial charge on any atom is 0 e. The third-order valence-electron chi connectivity index (χ3n) is 0. The molecule has 0 saturated heterocycles. The Balaban J connectivity index is -0.0000000200. The first-order valence-corrected chi connectivity index (χ1v) is 0.647. The van der Waals surface area contributed by atoms with Gasteiger partial charge in [-0.2, -0.15) is 0 Å². The number of hydroxylamine groups is 1. The SMILES string of the molecule is C[N-]O.[CH3-].[Y]. The Kier molecular flexibility index (Phi) is 66.0. The van der Waals surface area contributed by atoms with Crippen molar-refractivity contribution in [1.29, 1.82) is 0 Å². The fourth-order valence-electron chi connectivity index (χ4n) is 0. The van der Waals surface area contributed by atoms with Gasteiger partial charge >= 0.3 is 0 Å². The van der Waals surface area contributed by atoms with E-state index in [0.29, 0.717) is 0 Å². The Bertz CT molecular complexity index is 9.61. The van der Waals surface area contributed by atoms with Gasteiger partial charge in [0.15, 0.2) is 0 Å². The van der Waals surface area contributed by atoms with Crippen LogP contribution < -0.4 is 0 Å². The van der Waals surface area contributed by atoms with Gasteiger partial charge in [-0.1, -0.05) is 0 Å². The summed E-state index contributed by atoms with van der Waals surface area (Å²) in [5, 5.41) is 7.19. The summed E-state index contributed by atoms with van der Waals surface area (Å²) in [5.74, 6) is 0. The summed E-state index contributed by atoms with van der Waals surface area (Å²) in [4.78, 5) is 0. The third kappa shape index (κ3) is 43.8. The molecule has 0 aromatic carbocycles. The summed E-state index contributed by atoms with van der Waals surface area (Å²) in [7, 11) is 1.31. The minimum absolute atomic E-state index is 0. The number of hydrogen-bond donors (Lipinski definition) is 1. The molecule has 0 atom stereocenters. The van der Waals surface area contributed by atoms with E-state index in [2.05, 4.69) is 5.48 Å². The maximum absolute atomic E-state index is 7.19. The summed E-state index contributed by atoms with van der Waals surface area (Å²) in [6, 6.07) is 0. The van der Waals surface area contributed by atoms with Crippen molar-refractivity contribution >= 4 is 0 Å². The van der Waals surface area contributed by atoms with Crippen LogP contribution in [0.3, 0.4) is 0 Å². The summed E-state index contributed by atoms with van der Waals surface area (Å²) < 4.78 is 0. The van der Waals surface area contributed by atoms with Crippen molar-refractivity contribution in [2.24, 2.45) is 0 Å². The molecule has 2 nitrogen and oxygen atoms in total. The summed E-state index contributed by atoms with van der Waals surface area (Å²) in [6.45, 7) is 0. The van der Waals surface area contributed by atoms with Gasteiger partial charge in [0.1, 0.15) is 0 Å². The quantitative estimate of drug-likeness (QED) is 0.402. The second-order valence-corrected chi connectivity index (χ2v) is 0.200. The molecule has 0 aliphatic rings. The molecule has 0 fully saturated rings. The molecule has 0 amide bonds. The van der Waals surface area contributed by atoms with Crippen LogP contribution in [0.25, 0.3) is 5.48 Å². The van der Waals surface area contributed by atoms with Crippen LogP contribution in [0, 0.1) is 7.43 Å². The zero-order valence-corrected chi connectivity index (χ0v) is 6.31. The van der Waals surface area contributed by atoms with Gasteiger partial charge in [0.05, 0.1) is 0 Å². The molecule has 0 aliphatic heterocycles. The van der Waals surface area contributed by atoms with Gasteiger partial charge in [0.2, 0.25) is 0 Å². The van der Waals surface area contributed by atoms with E-state index in [9.17, 15) is 0 Å². The average molecular weight is 150 g/mol. The molecule has 0 heterocycles. The van der Waals surface area contributed by atoms with Crippen molar-refractivity contribution in [2.45, 2.75) is 0 Å². The molecule has 31 valence electrons. The largest absolute Gasteiger partial charge is 0.540 e. The van der Waals surface area contributed by atoms with E-state index in [0.717, 1.165) is 0 Å². The molecule has 0 unspecified atom stereocenters. The topological polar surface area (TPSA) is 34.3 Å². The molecule has 0 rings (SSSR count). The van der Waals surface area contributed by atoms with E-state index >= 15 is 0 Å². The molecule has 0 bridgehead atoms. The van der Waals surface area contributed by atoms with E-state index in [1.54, 1.807) is 0 Å². The van der Waals surface area contributed by atoms with Crippen LogP contribution in [0.5, 0.6) is 0 Å². The normalized spacial score (nSPS) is 3.60. The van der Waals surface area contributed by atoms with Crippen LogP contribution in [-0.4, -0.2) is 12.3 Å². The summed E-state index contributed by atoms with van der Waals surface area (Å²) in [5.41, 5.74) is 2.50. The van der Waals surface area contributed by atoms with Crippen LogP contribution in [0.4, 0.5) is 0 Å². The monoisotopic (exact) mass is 150 g/mol. The second-order valence-electron chi connectivity index (χ2n) is 0.200. The molecular formula is C2H7NOY-2. The van der Waals surface area contributed by atoms with Crippen LogP contribution >= 0.6 is 0 Å². The number of rotatable bonds is 0. The van der Waals surface area contributed by atoms with Crippen molar-refractivity contribution in [1.82, 2.24) is 0 Å². The molecule has 0 aromatic heterocycles. The van der Waals surface area contributed by atoms with E-state index in [4.69, 9.17) is 5.21 Å². The molecule has 1 radical (unpaired) electrons. The molecule has 0 spiro atoms. The minimum atomic E-state index is 0. The predicted molar refractivity (Wildman–Crippen MR) is 17.5 cm³/mol. The van der Waals surface area contributed by atoms with E-state index in [1.807, 2.05) is 0 Å². The molecule has 3 heteroatoms. The van der Waals surface area contributed by atoms with Gasteiger partial charge < -0.3 is 18.1 Å². The molecule has 0 aromatic rings. The van der Waals surface area contributed by atoms with E-state index < -0.39 is 0 Å². The minimum Gasteiger partial charge on any atom is -0.540 e. The molecule has 0 saturated carbocycles. The Morgan fingerprint density at radius 2 is 1.60 bits per heavy atom. The van der Waals surface area contributed by atoms with E-state index in [1.165, 1.54) is 7.05 Å². The number of nitrogens with zero attached hydrogens (tertiary/aromatic N) is 1. The second kappa shape index (κ2) is 19.9. The smallest absolute Gasteiger partial charge is 0 e. The molecular weight excluding hydrogens is 143 g/mol. The Labute approximate surface area is 57.8 Å². The Hall–Kier alpha value is 1.02. The predicted octanol–water partition coefficient (Wildman–Crippen LogP) is 0.827. The van der Waals surface area contributed by atoms with Gasteiger partial charge in [-0.05, 0) is 0 Å². The van der Waals surface area contributed by atoms with E-state index in [-0.39, 0.29) is 40.1 Å². The molecule has 5 heavy (non-hydrogen) atoms. The first kappa shape index (κ1) is 16.6. The first-order chi connectivity index (χ1) is 1.41. The zero-order chi connectivity index (χ0) is 2.71. The van der Waals surface area contributed by atoms with Gasteiger partial charge in [0, 0.05) is 32.7 Å². The maximum atomic E-state index is 7.19. The van der Waals surface area contributed by atoms with Crippen molar-refractivity contribution in [3.05, 3.63) is 12.9 Å². The van der Waals surface area contributed by atoms with Crippen molar-refractivity contribution in [3.8, 4) is 0 Å². The van der Waals surface area contributed by atoms with Gasteiger partial charge in [0.25, 0.3) is 0 Å². The zero-order valence-electron chi connectivity index (χ0n) is 3.47. The standard InChI is InChI=1S/CH4NO.CH3.Y/c1-2-3;;/h3H,1H3;1H3;/q2*-1;. The first-order valence-electron chi connectivity index (χ1n) is 0.647. The molecule has 1 N–H and O–H groups in total. The molecule has 0 aliphatic carbocycles. The fraction of sp³-hybridized carbons (Fsp3) is 0.500. The summed E-state index contributed by atoms with van der Waals surface area (Å²) in [6.07, 6.45) is 0. The van der Waals surface area contributed by atoms with Crippen molar-refractivity contribution < 1.29 is 37.9 Å². The van der Waals surface area contributed by atoms with Crippen LogP contribution in [0.15, 0.2) is 0 Å².